The van der Waals surface area contributed by atoms with Crippen LogP contribution in [0.2, 0.25) is 0 Å². The number of hydrogen-bond acceptors (Lipinski definition) is 1. The Balaban J connectivity index is 1.98. The summed E-state index contributed by atoms with van der Waals surface area (Å²) in [6.07, 6.45) is 0. The van der Waals surface area contributed by atoms with Gasteiger partial charge in [-0.25, -0.2) is 4.39 Å². The lowest BCUT2D eigenvalue weighted by molar-refractivity contribution is 0.528. The molecule has 1 N–H and O–H groups in total. The molecule has 0 bridgehead atoms. The van der Waals surface area contributed by atoms with E-state index in [1.807, 2.05) is 19.1 Å². The number of benzene rings is 2. The van der Waals surface area contributed by atoms with Crippen LogP contribution in [-0.4, -0.2) is 0 Å². The average Bonchev–Trinajstić information content (AvgIpc) is 2.45. The Morgan fingerprint density at radius 1 is 1.05 bits per heavy atom. The fraction of sp³-hybridized carbons (Fsp3) is 0.333. The molecule has 0 aliphatic heterocycles. The predicted molar refractivity (Wildman–Crippen MR) is 89.9 cm³/mol. The smallest absolute Gasteiger partial charge is 0.129 e. The van der Waals surface area contributed by atoms with Gasteiger partial charge < -0.3 is 5.32 Å². The van der Waals surface area contributed by atoms with Gasteiger partial charge in [-0.1, -0.05) is 60.1 Å². The molecule has 0 saturated heterocycles. The van der Waals surface area contributed by atoms with Crippen molar-refractivity contribution < 1.29 is 4.39 Å². The summed E-state index contributed by atoms with van der Waals surface area (Å²) in [7, 11) is 0. The minimum Gasteiger partial charge on any atom is -0.306 e. The Kier molecular flexibility index (Phi) is 5.54. The van der Waals surface area contributed by atoms with Gasteiger partial charge in [0, 0.05) is 22.6 Å². The van der Waals surface area contributed by atoms with Crippen molar-refractivity contribution in [2.45, 2.75) is 39.3 Å². The molecule has 0 spiro atoms. The maximum atomic E-state index is 13.9. The highest BCUT2D eigenvalue weighted by atomic mass is 79.9. The zero-order valence-electron chi connectivity index (χ0n) is 12.7. The van der Waals surface area contributed by atoms with E-state index in [9.17, 15) is 4.39 Å². The van der Waals surface area contributed by atoms with Crippen LogP contribution in [0.4, 0.5) is 4.39 Å². The lowest BCUT2D eigenvalue weighted by Crippen LogP contribution is -2.19. The van der Waals surface area contributed by atoms with Crippen molar-refractivity contribution in [3.05, 3.63) is 69.4 Å². The highest BCUT2D eigenvalue weighted by molar-refractivity contribution is 9.10. The second-order valence-electron chi connectivity index (χ2n) is 5.66. The zero-order chi connectivity index (χ0) is 15.4. The SMILES string of the molecule is CC(C)c1ccc(CNC(C)c2ccc(Br)cc2F)cc1. The summed E-state index contributed by atoms with van der Waals surface area (Å²) in [5.41, 5.74) is 3.24. The minimum atomic E-state index is -0.181. The molecular formula is C18H21BrFN. The molecular weight excluding hydrogens is 329 g/mol. The van der Waals surface area contributed by atoms with Crippen LogP contribution < -0.4 is 5.32 Å². The normalized spacial score (nSPS) is 12.7. The highest BCUT2D eigenvalue weighted by Gasteiger charge is 2.10. The lowest BCUT2D eigenvalue weighted by Gasteiger charge is -2.16. The summed E-state index contributed by atoms with van der Waals surface area (Å²) >= 11 is 3.28. The summed E-state index contributed by atoms with van der Waals surface area (Å²) in [6.45, 7) is 7.08. The van der Waals surface area contributed by atoms with Gasteiger partial charge in [0.05, 0.1) is 0 Å². The van der Waals surface area contributed by atoms with Gasteiger partial charge in [0.2, 0.25) is 0 Å². The van der Waals surface area contributed by atoms with Crippen molar-refractivity contribution >= 4 is 15.9 Å². The number of rotatable bonds is 5. The molecule has 0 aromatic heterocycles. The minimum absolute atomic E-state index is 0.0251. The molecule has 2 aromatic carbocycles. The molecule has 0 fully saturated rings. The Labute approximate surface area is 134 Å². The molecule has 0 aliphatic rings. The predicted octanol–water partition coefficient (Wildman–Crippen LogP) is 5.56. The van der Waals surface area contributed by atoms with Crippen LogP contribution in [-0.2, 0) is 6.54 Å². The fourth-order valence-corrected chi connectivity index (χ4v) is 2.59. The van der Waals surface area contributed by atoms with E-state index >= 15 is 0 Å². The van der Waals surface area contributed by atoms with Crippen molar-refractivity contribution in [3.63, 3.8) is 0 Å². The first-order valence-corrected chi connectivity index (χ1v) is 8.04. The van der Waals surface area contributed by atoms with E-state index in [1.54, 1.807) is 0 Å². The first-order chi connectivity index (χ1) is 9.97. The van der Waals surface area contributed by atoms with Gasteiger partial charge in [0.1, 0.15) is 5.82 Å². The van der Waals surface area contributed by atoms with E-state index in [0.29, 0.717) is 11.5 Å². The first kappa shape index (κ1) is 16.2. The molecule has 2 rings (SSSR count). The maximum absolute atomic E-state index is 13.9. The third kappa shape index (κ3) is 4.39. The molecule has 1 unspecified atom stereocenters. The molecule has 0 radical (unpaired) electrons. The molecule has 21 heavy (non-hydrogen) atoms. The van der Waals surface area contributed by atoms with Gasteiger partial charge in [0.15, 0.2) is 0 Å². The van der Waals surface area contributed by atoms with Gasteiger partial charge in [0.25, 0.3) is 0 Å². The van der Waals surface area contributed by atoms with E-state index in [-0.39, 0.29) is 11.9 Å². The first-order valence-electron chi connectivity index (χ1n) is 7.24. The molecule has 3 heteroatoms. The Morgan fingerprint density at radius 3 is 2.29 bits per heavy atom. The molecule has 112 valence electrons. The maximum Gasteiger partial charge on any atom is 0.129 e. The monoisotopic (exact) mass is 349 g/mol. The summed E-state index contributed by atoms with van der Waals surface area (Å²) < 4.78 is 14.7. The largest absolute Gasteiger partial charge is 0.306 e. The van der Waals surface area contributed by atoms with Gasteiger partial charge in [-0.3, -0.25) is 0 Å². The van der Waals surface area contributed by atoms with Crippen molar-refractivity contribution in [3.8, 4) is 0 Å². The third-order valence-electron chi connectivity index (χ3n) is 3.69. The van der Waals surface area contributed by atoms with Crippen molar-refractivity contribution in [1.29, 1.82) is 0 Å². The van der Waals surface area contributed by atoms with E-state index in [1.165, 1.54) is 17.2 Å². The van der Waals surface area contributed by atoms with Crippen molar-refractivity contribution in [2.24, 2.45) is 0 Å². The van der Waals surface area contributed by atoms with E-state index in [0.717, 1.165) is 11.0 Å². The molecule has 0 amide bonds. The second-order valence-corrected chi connectivity index (χ2v) is 6.58. The molecule has 2 aromatic rings. The summed E-state index contributed by atoms with van der Waals surface area (Å²) in [5.74, 6) is 0.363. The van der Waals surface area contributed by atoms with Crippen LogP contribution in [0.3, 0.4) is 0 Å². The Hall–Kier alpha value is -1.19. The van der Waals surface area contributed by atoms with Crippen molar-refractivity contribution in [1.82, 2.24) is 5.32 Å². The van der Waals surface area contributed by atoms with E-state index < -0.39 is 0 Å². The van der Waals surface area contributed by atoms with Crippen LogP contribution in [0.1, 0.15) is 49.4 Å². The quantitative estimate of drug-likeness (QED) is 0.744. The van der Waals surface area contributed by atoms with E-state index in [4.69, 9.17) is 0 Å². The summed E-state index contributed by atoms with van der Waals surface area (Å²) in [4.78, 5) is 0. The zero-order valence-corrected chi connectivity index (χ0v) is 14.2. The Bertz CT molecular complexity index is 593. The van der Waals surface area contributed by atoms with Crippen molar-refractivity contribution in [2.75, 3.05) is 0 Å². The lowest BCUT2D eigenvalue weighted by atomic mass is 10.0. The Morgan fingerprint density at radius 2 is 1.71 bits per heavy atom. The third-order valence-corrected chi connectivity index (χ3v) is 4.18. The highest BCUT2D eigenvalue weighted by Crippen LogP contribution is 2.21. The van der Waals surface area contributed by atoms with Gasteiger partial charge >= 0.3 is 0 Å². The van der Waals surface area contributed by atoms with Crippen LogP contribution in [0.25, 0.3) is 0 Å². The van der Waals surface area contributed by atoms with Gasteiger partial charge in [-0.05, 0) is 36.1 Å². The fourth-order valence-electron chi connectivity index (χ4n) is 2.25. The molecule has 1 atom stereocenters. The number of hydrogen-bond donors (Lipinski definition) is 1. The number of halogens is 2. The summed E-state index contributed by atoms with van der Waals surface area (Å²) in [5, 5.41) is 3.37. The van der Waals surface area contributed by atoms with Crippen LogP contribution in [0, 0.1) is 5.82 Å². The molecule has 0 aliphatic carbocycles. The van der Waals surface area contributed by atoms with Crippen LogP contribution >= 0.6 is 15.9 Å². The summed E-state index contributed by atoms with van der Waals surface area (Å²) in [6, 6.07) is 13.7. The molecule has 1 nitrogen and oxygen atoms in total. The van der Waals surface area contributed by atoms with Gasteiger partial charge in [-0.2, -0.15) is 0 Å². The molecule has 0 saturated carbocycles. The van der Waals surface area contributed by atoms with E-state index in [2.05, 4.69) is 59.4 Å². The van der Waals surface area contributed by atoms with Gasteiger partial charge in [-0.15, -0.1) is 0 Å². The standard InChI is InChI=1S/C18H21BrFN/c1-12(2)15-6-4-14(5-7-15)11-21-13(3)17-9-8-16(19)10-18(17)20/h4-10,12-13,21H,11H2,1-3H3. The van der Waals surface area contributed by atoms with Crippen LogP contribution in [0.15, 0.2) is 46.9 Å². The average molecular weight is 350 g/mol. The second kappa shape index (κ2) is 7.19. The topological polar surface area (TPSA) is 12.0 Å². The molecule has 0 heterocycles. The number of nitrogens with one attached hydrogen (secondary N) is 1. The van der Waals surface area contributed by atoms with Crippen LogP contribution in [0.5, 0.6) is 0 Å².